The van der Waals surface area contributed by atoms with Gasteiger partial charge in [-0.2, -0.15) is 0 Å². The largest absolute Gasteiger partial charge is 0.465 e. The summed E-state index contributed by atoms with van der Waals surface area (Å²) in [5.74, 6) is -0.455. The van der Waals surface area contributed by atoms with E-state index in [0.717, 1.165) is 12.8 Å². The van der Waals surface area contributed by atoms with Crippen molar-refractivity contribution in [2.45, 2.75) is 44.4 Å². The van der Waals surface area contributed by atoms with Crippen LogP contribution in [0.3, 0.4) is 0 Å². The maximum atomic E-state index is 13.5. The van der Waals surface area contributed by atoms with Crippen LogP contribution in [0.5, 0.6) is 0 Å². The Morgan fingerprint density at radius 1 is 1.53 bits per heavy atom. The molecule has 1 saturated carbocycles. The van der Waals surface area contributed by atoms with Crippen LogP contribution in [0.25, 0.3) is 0 Å². The first-order valence-corrected chi connectivity index (χ1v) is 5.29. The maximum absolute atomic E-state index is 13.5. The fourth-order valence-electron chi connectivity index (χ4n) is 2.52. The Bertz CT molecular complexity index is 239. The summed E-state index contributed by atoms with van der Waals surface area (Å²) in [6, 6.07) is -0.234. The molecule has 0 spiro atoms. The molecule has 1 aliphatic carbocycles. The van der Waals surface area contributed by atoms with Gasteiger partial charge in [-0.25, -0.2) is 4.39 Å². The van der Waals surface area contributed by atoms with Gasteiger partial charge in [0.15, 0.2) is 0 Å². The number of nitrogens with one attached hydrogen (secondary N) is 1. The van der Waals surface area contributed by atoms with E-state index in [2.05, 4.69) is 5.32 Å². The third-order valence-corrected chi connectivity index (χ3v) is 3.21. The first-order valence-electron chi connectivity index (χ1n) is 5.29. The topological polar surface area (TPSA) is 38.3 Å². The molecule has 3 rings (SSSR count). The summed E-state index contributed by atoms with van der Waals surface area (Å²) in [5.41, 5.74) is 0. The van der Waals surface area contributed by atoms with E-state index in [-0.39, 0.29) is 30.3 Å². The highest BCUT2D eigenvalue weighted by Crippen LogP contribution is 2.35. The van der Waals surface area contributed by atoms with Crippen LogP contribution in [0, 0.1) is 5.92 Å². The SMILES string of the molecule is CCOC(=O)[C@H]1N[C@H]2CC[C@@H]1C(F)C2.Cl. The number of alkyl halides is 1. The lowest BCUT2D eigenvalue weighted by Crippen LogP contribution is -2.60. The first-order chi connectivity index (χ1) is 6.72. The average Bonchev–Trinajstić information content (AvgIpc) is 2.18. The summed E-state index contributed by atoms with van der Waals surface area (Å²) in [7, 11) is 0. The molecule has 2 saturated heterocycles. The fraction of sp³-hybridized carbons (Fsp3) is 0.900. The monoisotopic (exact) mass is 237 g/mol. The van der Waals surface area contributed by atoms with Gasteiger partial charge in [-0.05, 0) is 26.2 Å². The Hall–Kier alpha value is -0.350. The van der Waals surface area contributed by atoms with Crippen LogP contribution in [0.1, 0.15) is 26.2 Å². The zero-order valence-electron chi connectivity index (χ0n) is 8.74. The van der Waals surface area contributed by atoms with Crippen LogP contribution < -0.4 is 5.32 Å². The third kappa shape index (κ3) is 2.42. The van der Waals surface area contributed by atoms with Gasteiger partial charge in [0.2, 0.25) is 0 Å². The number of fused-ring (bicyclic) bond motifs is 3. The normalized spacial score (nSPS) is 38.3. The zero-order valence-corrected chi connectivity index (χ0v) is 9.56. The summed E-state index contributed by atoms with van der Waals surface area (Å²) in [6.07, 6.45) is 1.52. The fourth-order valence-corrected chi connectivity index (χ4v) is 2.52. The molecular formula is C10H17ClFNO2. The van der Waals surface area contributed by atoms with Crippen LogP contribution in [0.2, 0.25) is 0 Å². The van der Waals surface area contributed by atoms with Gasteiger partial charge in [-0.3, -0.25) is 4.79 Å². The average molecular weight is 238 g/mol. The number of hydrogen-bond acceptors (Lipinski definition) is 3. The Kier molecular flexibility index (Phi) is 4.34. The van der Waals surface area contributed by atoms with Crippen LogP contribution >= 0.6 is 12.4 Å². The van der Waals surface area contributed by atoms with Crippen LogP contribution in [0.15, 0.2) is 0 Å². The summed E-state index contributed by atoms with van der Waals surface area (Å²) >= 11 is 0. The molecular weight excluding hydrogens is 221 g/mol. The van der Waals surface area contributed by atoms with Crippen molar-refractivity contribution in [2.24, 2.45) is 5.92 Å². The molecule has 2 bridgehead atoms. The minimum absolute atomic E-state index is 0. The van der Waals surface area contributed by atoms with E-state index in [0.29, 0.717) is 13.0 Å². The van der Waals surface area contributed by atoms with Crippen molar-refractivity contribution in [2.75, 3.05) is 6.61 Å². The Morgan fingerprint density at radius 3 is 2.80 bits per heavy atom. The van der Waals surface area contributed by atoms with E-state index >= 15 is 0 Å². The van der Waals surface area contributed by atoms with Crippen molar-refractivity contribution in [3.05, 3.63) is 0 Å². The molecule has 5 heteroatoms. The van der Waals surface area contributed by atoms with Gasteiger partial charge in [0, 0.05) is 12.0 Å². The molecule has 4 atom stereocenters. The predicted molar refractivity (Wildman–Crippen MR) is 56.8 cm³/mol. The molecule has 3 nitrogen and oxygen atoms in total. The molecule has 0 aromatic heterocycles. The lowest BCUT2D eigenvalue weighted by molar-refractivity contribution is -0.151. The Labute approximate surface area is 95.2 Å². The molecule has 3 aliphatic rings. The van der Waals surface area contributed by atoms with E-state index < -0.39 is 12.2 Å². The molecule has 0 aromatic rings. The molecule has 88 valence electrons. The smallest absolute Gasteiger partial charge is 0.323 e. The number of halogens is 2. The van der Waals surface area contributed by atoms with Crippen molar-refractivity contribution in [3.8, 4) is 0 Å². The van der Waals surface area contributed by atoms with E-state index in [1.165, 1.54) is 0 Å². The highest BCUT2D eigenvalue weighted by atomic mass is 35.5. The van der Waals surface area contributed by atoms with E-state index in [1.807, 2.05) is 0 Å². The Morgan fingerprint density at radius 2 is 2.27 bits per heavy atom. The van der Waals surface area contributed by atoms with E-state index in [4.69, 9.17) is 4.74 Å². The summed E-state index contributed by atoms with van der Waals surface area (Å²) in [5, 5.41) is 3.15. The van der Waals surface area contributed by atoms with Crippen LogP contribution in [0.4, 0.5) is 4.39 Å². The number of ether oxygens (including phenoxy) is 1. The quantitative estimate of drug-likeness (QED) is 0.739. The Balaban J connectivity index is 0.00000112. The lowest BCUT2D eigenvalue weighted by Gasteiger charge is -2.44. The number of hydrogen-bond donors (Lipinski definition) is 1. The lowest BCUT2D eigenvalue weighted by atomic mass is 9.75. The number of rotatable bonds is 2. The van der Waals surface area contributed by atoms with Crippen LogP contribution in [-0.4, -0.2) is 30.8 Å². The molecule has 2 aliphatic heterocycles. The van der Waals surface area contributed by atoms with Gasteiger partial charge in [0.05, 0.1) is 6.61 Å². The van der Waals surface area contributed by atoms with Gasteiger partial charge in [0.25, 0.3) is 0 Å². The second-order valence-corrected chi connectivity index (χ2v) is 4.09. The molecule has 1 unspecified atom stereocenters. The third-order valence-electron chi connectivity index (χ3n) is 3.21. The van der Waals surface area contributed by atoms with Crippen molar-refractivity contribution in [1.29, 1.82) is 0 Å². The van der Waals surface area contributed by atoms with Gasteiger partial charge in [0.1, 0.15) is 12.2 Å². The van der Waals surface area contributed by atoms with E-state index in [9.17, 15) is 9.18 Å². The second kappa shape index (κ2) is 5.12. The highest BCUT2D eigenvalue weighted by molar-refractivity contribution is 5.85. The van der Waals surface area contributed by atoms with Crippen molar-refractivity contribution in [1.82, 2.24) is 5.32 Å². The van der Waals surface area contributed by atoms with Gasteiger partial charge in [-0.15, -0.1) is 12.4 Å². The summed E-state index contributed by atoms with van der Waals surface area (Å²) in [4.78, 5) is 11.5. The highest BCUT2D eigenvalue weighted by Gasteiger charge is 2.45. The summed E-state index contributed by atoms with van der Waals surface area (Å²) in [6.45, 7) is 2.14. The molecule has 2 heterocycles. The summed E-state index contributed by atoms with van der Waals surface area (Å²) < 4.78 is 18.4. The molecule has 15 heavy (non-hydrogen) atoms. The number of esters is 1. The number of piperidine rings is 2. The van der Waals surface area contributed by atoms with Gasteiger partial charge >= 0.3 is 5.97 Å². The van der Waals surface area contributed by atoms with Crippen molar-refractivity contribution < 1.29 is 13.9 Å². The maximum Gasteiger partial charge on any atom is 0.323 e. The minimum atomic E-state index is -0.829. The molecule has 0 amide bonds. The van der Waals surface area contributed by atoms with E-state index in [1.54, 1.807) is 6.92 Å². The second-order valence-electron chi connectivity index (χ2n) is 4.09. The molecule has 0 aromatic carbocycles. The number of carbonyl (C=O) groups excluding carboxylic acids is 1. The van der Waals surface area contributed by atoms with Gasteiger partial charge in [-0.1, -0.05) is 0 Å². The number of carbonyl (C=O) groups is 1. The van der Waals surface area contributed by atoms with Crippen molar-refractivity contribution in [3.63, 3.8) is 0 Å². The zero-order chi connectivity index (χ0) is 10.1. The predicted octanol–water partition coefficient (Wildman–Crippen LogP) is 1.45. The minimum Gasteiger partial charge on any atom is -0.465 e. The van der Waals surface area contributed by atoms with Crippen LogP contribution in [-0.2, 0) is 9.53 Å². The molecule has 0 radical (unpaired) electrons. The van der Waals surface area contributed by atoms with Gasteiger partial charge < -0.3 is 10.1 Å². The molecule has 1 N–H and O–H groups in total. The standard InChI is InChI=1S/C10H16FNO2.ClH/c1-2-14-10(13)9-7-4-3-6(12-9)5-8(7)11;/h6-9,12H,2-5H2,1H3;1H/t6-,7+,8?,9-;/m0./s1. The first kappa shape index (κ1) is 12.7. The molecule has 3 fully saturated rings. The van der Waals surface area contributed by atoms with Crippen molar-refractivity contribution >= 4 is 18.4 Å².